The zero-order chi connectivity index (χ0) is 68.9. The van der Waals surface area contributed by atoms with E-state index >= 15 is 0 Å². The Kier molecular flexibility index (Phi) is 21.0. The van der Waals surface area contributed by atoms with Crippen LogP contribution in [0.4, 0.5) is 17.6 Å². The van der Waals surface area contributed by atoms with Gasteiger partial charge in [-0.05, 0) is 121 Å². The number of nitrogens with one attached hydrogen (secondary N) is 2. The first kappa shape index (κ1) is 70.8. The highest BCUT2D eigenvalue weighted by Gasteiger charge is 2.23. The van der Waals surface area contributed by atoms with Crippen molar-refractivity contribution in [2.75, 3.05) is 16.4 Å². The van der Waals surface area contributed by atoms with Crippen molar-refractivity contribution in [3.05, 3.63) is 80.0 Å². The van der Waals surface area contributed by atoms with E-state index in [1.165, 1.54) is 6.33 Å². The quantitative estimate of drug-likeness (QED) is 0.139. The third-order valence-corrected chi connectivity index (χ3v) is 12.7. The number of nitrogen functional groups attached to an aromatic ring is 1. The van der Waals surface area contributed by atoms with Gasteiger partial charge in [-0.3, -0.25) is 0 Å². The molecule has 498 valence electrons. The molecule has 0 unspecified atom stereocenters. The molecular weight excluding hydrogens is 1180 g/mol. The first-order valence-corrected chi connectivity index (χ1v) is 30.6. The number of imidazole rings is 6. The maximum absolute atomic E-state index is 5.78. The highest BCUT2D eigenvalue weighted by atomic mass is 16.5. The van der Waals surface area contributed by atoms with E-state index in [1.807, 2.05) is 125 Å². The van der Waals surface area contributed by atoms with Crippen molar-refractivity contribution < 1.29 is 9.47 Å². The third-order valence-electron chi connectivity index (χ3n) is 12.7. The van der Waals surface area contributed by atoms with Gasteiger partial charge in [0.25, 0.3) is 0 Å². The Bertz CT molecular complexity index is 4030. The minimum Gasteiger partial charge on any atom is -0.470 e. The summed E-state index contributed by atoms with van der Waals surface area (Å²) in [6.45, 7) is 41.3. The lowest BCUT2D eigenvalue weighted by Gasteiger charge is -2.21. The molecule has 93 heavy (non-hydrogen) atoms. The van der Waals surface area contributed by atoms with E-state index in [-0.39, 0.29) is 33.1 Å². The molecule has 12 aromatic heterocycles. The Labute approximate surface area is 543 Å². The highest BCUT2D eigenvalue weighted by molar-refractivity contribution is 5.84. The Morgan fingerprint density at radius 1 is 0.344 bits per heavy atom. The zero-order valence-electron chi connectivity index (χ0n) is 59.2. The van der Waals surface area contributed by atoms with Gasteiger partial charge in [0.1, 0.15) is 63.9 Å². The Morgan fingerprint density at radius 2 is 0.688 bits per heavy atom. The summed E-state index contributed by atoms with van der Waals surface area (Å²) in [5, 5.41) is 6.66. The molecule has 0 bridgehead atoms. The fraction of sp³-hybridized carbons (Fsp3) is 0.531. The van der Waals surface area contributed by atoms with Crippen molar-refractivity contribution in [1.82, 2.24) is 117 Å². The molecule has 12 heterocycles. The molecule has 0 saturated heterocycles. The molecule has 0 saturated carbocycles. The number of nitrogens with two attached hydrogens (primary N) is 1. The number of ether oxygens (including phenoxy) is 2. The third kappa shape index (κ3) is 19.7. The summed E-state index contributed by atoms with van der Waals surface area (Å²) in [7, 11) is 11.5. The van der Waals surface area contributed by atoms with Gasteiger partial charge in [-0.2, -0.15) is 15.0 Å². The van der Waals surface area contributed by atoms with Gasteiger partial charge in [-0.15, -0.1) is 0 Å². The van der Waals surface area contributed by atoms with Crippen LogP contribution < -0.4 is 25.8 Å². The Hall–Kier alpha value is -9.70. The molecule has 0 fully saturated rings. The number of anilines is 3. The number of aryl methyl sites for hydroxylation is 8. The van der Waals surface area contributed by atoms with Crippen LogP contribution in [0.2, 0.25) is 0 Å². The molecule has 0 aromatic carbocycles. The van der Waals surface area contributed by atoms with Gasteiger partial charge < -0.3 is 53.2 Å². The lowest BCUT2D eigenvalue weighted by molar-refractivity contribution is 0.125. The summed E-state index contributed by atoms with van der Waals surface area (Å²) in [6, 6.07) is 0. The van der Waals surface area contributed by atoms with Gasteiger partial charge in [-0.25, -0.2) is 74.8 Å². The number of aromatic nitrogens is 24. The van der Waals surface area contributed by atoms with E-state index in [0.717, 1.165) is 97.6 Å². The fourth-order valence-electron chi connectivity index (χ4n) is 9.02. The zero-order valence-corrected chi connectivity index (χ0v) is 59.2. The summed E-state index contributed by atoms with van der Waals surface area (Å²) in [6.07, 6.45) is 16.9. The number of nitrogens with zero attached hydrogens (tertiary/aromatic N) is 24. The number of rotatable bonds is 6. The van der Waals surface area contributed by atoms with Crippen molar-refractivity contribution in [3.63, 3.8) is 0 Å². The molecule has 0 radical (unpaired) electrons. The van der Waals surface area contributed by atoms with Crippen molar-refractivity contribution in [3.8, 4) is 11.8 Å². The maximum Gasteiger partial charge on any atom is 0.246 e. The first-order valence-electron chi connectivity index (χ1n) is 30.6. The van der Waals surface area contributed by atoms with Crippen molar-refractivity contribution in [2.45, 2.75) is 174 Å². The van der Waals surface area contributed by atoms with Crippen LogP contribution in [-0.2, 0) is 55.1 Å². The van der Waals surface area contributed by atoms with Crippen LogP contribution >= 0.6 is 0 Å². The van der Waals surface area contributed by atoms with E-state index < -0.39 is 0 Å². The highest BCUT2D eigenvalue weighted by Crippen LogP contribution is 2.28. The molecule has 0 aliphatic rings. The van der Waals surface area contributed by atoms with E-state index in [1.54, 1.807) is 50.6 Å². The molecule has 0 amide bonds. The first-order chi connectivity index (χ1) is 43.0. The van der Waals surface area contributed by atoms with Crippen LogP contribution in [0.15, 0.2) is 56.9 Å². The number of hydrogen-bond acceptors (Lipinski definition) is 23. The summed E-state index contributed by atoms with van der Waals surface area (Å²) in [5.41, 5.74) is 17.2. The van der Waals surface area contributed by atoms with E-state index in [4.69, 9.17) is 15.2 Å². The van der Waals surface area contributed by atoms with Crippen molar-refractivity contribution in [1.29, 1.82) is 0 Å². The molecule has 29 nitrogen and oxygen atoms in total. The Morgan fingerprint density at radius 3 is 1.17 bits per heavy atom. The molecule has 29 heteroatoms. The largest absolute Gasteiger partial charge is 0.470 e. The maximum atomic E-state index is 5.78. The van der Waals surface area contributed by atoms with Crippen LogP contribution in [-0.4, -0.2) is 139 Å². The summed E-state index contributed by atoms with van der Waals surface area (Å²) < 4.78 is 22.7. The van der Waals surface area contributed by atoms with Gasteiger partial charge in [0.15, 0.2) is 56.6 Å². The second-order valence-corrected chi connectivity index (χ2v) is 29.3. The lowest BCUT2D eigenvalue weighted by atomic mass is 9.90. The molecule has 12 rings (SSSR count). The van der Waals surface area contributed by atoms with Crippen molar-refractivity contribution in [2.24, 2.45) is 53.1 Å². The molecule has 0 spiro atoms. The summed E-state index contributed by atoms with van der Waals surface area (Å²) >= 11 is 0. The van der Waals surface area contributed by atoms with Crippen LogP contribution in [0, 0.1) is 24.7 Å². The van der Waals surface area contributed by atoms with Gasteiger partial charge in [-0.1, -0.05) is 41.5 Å². The van der Waals surface area contributed by atoms with Gasteiger partial charge in [0.05, 0.1) is 49.4 Å². The fourth-order valence-corrected chi connectivity index (χ4v) is 9.02. The monoisotopic (exact) mass is 1270 g/mol. The number of hydrogen-bond donors (Lipinski definition) is 3. The second-order valence-electron chi connectivity index (χ2n) is 29.3. The predicted octanol–water partition coefficient (Wildman–Crippen LogP) is 10.3. The summed E-state index contributed by atoms with van der Waals surface area (Å²) in [4.78, 5) is 76.8. The minimum atomic E-state index is -0.286. The lowest BCUT2D eigenvalue weighted by Crippen LogP contribution is -2.27. The average Bonchev–Trinajstić information content (AvgIpc) is 1.77. The smallest absolute Gasteiger partial charge is 0.246 e. The minimum absolute atomic E-state index is 0.0290. The van der Waals surface area contributed by atoms with Crippen LogP contribution in [0.3, 0.4) is 0 Å². The van der Waals surface area contributed by atoms with E-state index in [2.05, 4.69) is 183 Å². The molecule has 0 atom stereocenters. The van der Waals surface area contributed by atoms with Gasteiger partial charge in [0, 0.05) is 53.4 Å². The SMILES string of the molecule is Cc1nc(NC(C)(C)C)c2ncn(C)c2n1.Cc1nc(OC(C)(C)C)c2ncn(C)c2n1.Cn1cnc2c(CC(C)(C)C)nc(N)nc21.Cn1cnc2c(CC(C)(C)C)ncnc21.Cn1cnc2c(NC(C)(C)C)ncnc21.Cn1cnc2c(OC(C)(C)C)ncnc21. The molecule has 4 N–H and O–H groups in total. The molecule has 0 aliphatic heterocycles. The normalized spacial score (nSPS) is 12.1. The standard InChI is InChI=1S/2C11H17N5.C11H16N4O.C11H16N4.C10H15N5.C10H14N4O/c1-11(2,3)5-7-8-9(15-10(12)14-7)16(4)6-13-8;1-7-13-9(15-11(2,3)4)8-10(14-7)16(5)6-12-8;1-7-13-9-8(12-6-15(9)5)10(14-7)16-11(2,3)4;1-11(2,3)5-8-9-10(13-6-12-8)15(4)7-14-9;1-10(2,3)14-8-7-9(12-5-11-8)15(4)6-13-7;1-10(2,3)15-9-7-8(11-5-12-9)14(4)6-13-7/h6H,5H2,1-4H3,(H2,12,14,15);6H,1-5H3,(H,13,14,15);6H,1-5H3;6-7H,5H2,1-4H3;5-6H,1-4H3,(H,11,12,14);5-6H,1-4H3. The van der Waals surface area contributed by atoms with Crippen molar-refractivity contribution >= 4 is 84.6 Å². The van der Waals surface area contributed by atoms with Crippen LogP contribution in [0.1, 0.15) is 148 Å². The van der Waals surface area contributed by atoms with Crippen LogP contribution in [0.5, 0.6) is 11.8 Å². The summed E-state index contributed by atoms with van der Waals surface area (Å²) in [5.74, 6) is 4.43. The molecule has 0 aliphatic carbocycles. The van der Waals surface area contributed by atoms with Crippen LogP contribution in [0.25, 0.3) is 67.0 Å². The van der Waals surface area contributed by atoms with Gasteiger partial charge >= 0.3 is 0 Å². The molecule has 12 aromatic rings. The van der Waals surface area contributed by atoms with E-state index in [0.29, 0.717) is 34.6 Å². The van der Waals surface area contributed by atoms with Gasteiger partial charge in [0.2, 0.25) is 17.7 Å². The molecular formula is C64H95N27O2. The predicted molar refractivity (Wildman–Crippen MR) is 366 cm³/mol. The van der Waals surface area contributed by atoms with E-state index in [9.17, 15) is 0 Å². The Balaban J connectivity index is 0.000000158. The second kappa shape index (κ2) is 27.6. The topological polar surface area (TPSA) is 330 Å². The number of fused-ring (bicyclic) bond motifs is 6. The average molecular weight is 1270 g/mol.